The van der Waals surface area contributed by atoms with Gasteiger partial charge in [-0.15, -0.1) is 0 Å². The molecule has 0 saturated heterocycles. The van der Waals surface area contributed by atoms with Crippen molar-refractivity contribution in [2.75, 3.05) is 0 Å². The highest BCUT2D eigenvalue weighted by Crippen LogP contribution is 2.14. The van der Waals surface area contributed by atoms with Crippen molar-refractivity contribution < 1.29 is 4.39 Å². The van der Waals surface area contributed by atoms with Gasteiger partial charge < -0.3 is 0 Å². The molecular weight excluding hydrogens is 139 g/mol. The van der Waals surface area contributed by atoms with Crippen LogP contribution in [0.25, 0.3) is 0 Å². The Balaban J connectivity index is 4.00. The largest absolute Gasteiger partial charge is 0.207 e. The van der Waals surface area contributed by atoms with Crippen LogP contribution in [0, 0.1) is 0 Å². The van der Waals surface area contributed by atoms with Crippen molar-refractivity contribution >= 4 is 0 Å². The lowest BCUT2D eigenvalue weighted by molar-refractivity contribution is 0.637. The molecule has 0 amide bonds. The first-order valence-corrected chi connectivity index (χ1v) is 3.89. The van der Waals surface area contributed by atoms with Gasteiger partial charge in [0.25, 0.3) is 0 Å². The Bertz CT molecular complexity index is 175. The molecule has 0 aliphatic carbocycles. The van der Waals surface area contributed by atoms with Crippen LogP contribution in [-0.4, -0.2) is 0 Å². The lowest BCUT2D eigenvalue weighted by Gasteiger charge is -1.97. The summed E-state index contributed by atoms with van der Waals surface area (Å²) in [6, 6.07) is 0. The van der Waals surface area contributed by atoms with E-state index in [-0.39, 0.29) is 5.83 Å². The van der Waals surface area contributed by atoms with Crippen molar-refractivity contribution in [3.8, 4) is 0 Å². The summed E-state index contributed by atoms with van der Waals surface area (Å²) in [6.45, 7) is 7.48. The second-order valence-electron chi connectivity index (χ2n) is 2.39. The van der Waals surface area contributed by atoms with Crippen molar-refractivity contribution in [3.05, 3.63) is 36.2 Å². The van der Waals surface area contributed by atoms with Crippen LogP contribution in [0.5, 0.6) is 0 Å². The van der Waals surface area contributed by atoms with Gasteiger partial charge in [-0.2, -0.15) is 0 Å². The van der Waals surface area contributed by atoms with Crippen LogP contribution in [0.2, 0.25) is 0 Å². The molecule has 0 aromatic heterocycles. The third-order valence-corrected chi connectivity index (χ3v) is 1.32. The molecule has 0 aliphatic rings. The Morgan fingerprint density at radius 2 is 2.18 bits per heavy atom. The fraction of sp³-hybridized carbons (Fsp3) is 0.400. The van der Waals surface area contributed by atoms with Crippen LogP contribution in [0.4, 0.5) is 4.39 Å². The van der Waals surface area contributed by atoms with Crippen molar-refractivity contribution in [1.82, 2.24) is 0 Å². The summed E-state index contributed by atoms with van der Waals surface area (Å²) in [5.74, 6) is -0.204. The van der Waals surface area contributed by atoms with Gasteiger partial charge in [-0.25, -0.2) is 4.39 Å². The number of hydrogen-bond acceptors (Lipinski definition) is 0. The zero-order valence-corrected chi connectivity index (χ0v) is 7.23. The molecule has 0 rings (SSSR count). The first kappa shape index (κ1) is 10.2. The molecular formula is C10H15F. The van der Waals surface area contributed by atoms with Crippen LogP contribution in [-0.2, 0) is 0 Å². The summed E-state index contributed by atoms with van der Waals surface area (Å²) in [5.41, 5.74) is 0.589. The molecule has 0 fully saturated rings. The molecule has 11 heavy (non-hydrogen) atoms. The molecule has 0 unspecified atom stereocenters. The van der Waals surface area contributed by atoms with Crippen molar-refractivity contribution in [3.63, 3.8) is 0 Å². The van der Waals surface area contributed by atoms with E-state index in [1.165, 1.54) is 6.08 Å². The van der Waals surface area contributed by atoms with Crippen LogP contribution < -0.4 is 0 Å². The molecule has 0 N–H and O–H groups in total. The van der Waals surface area contributed by atoms with Crippen LogP contribution in [0.3, 0.4) is 0 Å². The Kier molecular flexibility index (Phi) is 5.44. The summed E-state index contributed by atoms with van der Waals surface area (Å²) in [7, 11) is 0. The maximum atomic E-state index is 12.9. The van der Waals surface area contributed by atoms with Gasteiger partial charge in [0.1, 0.15) is 5.83 Å². The maximum absolute atomic E-state index is 12.9. The molecule has 0 nitrogen and oxygen atoms in total. The fourth-order valence-corrected chi connectivity index (χ4v) is 0.720. The number of hydrogen-bond donors (Lipinski definition) is 0. The number of halogens is 1. The molecule has 62 valence electrons. The Morgan fingerprint density at radius 3 is 2.64 bits per heavy atom. The SMILES string of the molecule is C=C(CCC)C(F)=CC=CC. The zero-order chi connectivity index (χ0) is 8.69. The van der Waals surface area contributed by atoms with Gasteiger partial charge in [-0.3, -0.25) is 0 Å². The van der Waals surface area contributed by atoms with Gasteiger partial charge in [-0.05, 0) is 25.0 Å². The van der Waals surface area contributed by atoms with Crippen molar-refractivity contribution in [2.45, 2.75) is 26.7 Å². The van der Waals surface area contributed by atoms with Gasteiger partial charge >= 0.3 is 0 Å². The normalized spacial score (nSPS) is 12.5. The first-order valence-electron chi connectivity index (χ1n) is 3.89. The Hall–Kier alpha value is -0.850. The second-order valence-corrected chi connectivity index (χ2v) is 2.39. The lowest BCUT2D eigenvalue weighted by atomic mass is 10.1. The molecule has 0 heterocycles. The van der Waals surface area contributed by atoms with E-state index in [1.54, 1.807) is 12.2 Å². The standard InChI is InChI=1S/C10H15F/c1-4-6-8-10(11)9(3)7-5-2/h4,6,8H,3,5,7H2,1-2H3. The molecule has 0 aromatic rings. The van der Waals surface area contributed by atoms with Gasteiger partial charge in [0, 0.05) is 0 Å². The van der Waals surface area contributed by atoms with E-state index in [4.69, 9.17) is 0 Å². The fourth-order valence-electron chi connectivity index (χ4n) is 0.720. The van der Waals surface area contributed by atoms with E-state index in [9.17, 15) is 4.39 Å². The highest BCUT2D eigenvalue weighted by molar-refractivity contribution is 5.25. The lowest BCUT2D eigenvalue weighted by Crippen LogP contribution is -1.80. The third kappa shape index (κ3) is 4.54. The summed E-state index contributed by atoms with van der Waals surface area (Å²) in [4.78, 5) is 0. The van der Waals surface area contributed by atoms with E-state index >= 15 is 0 Å². The number of rotatable bonds is 4. The predicted molar refractivity (Wildman–Crippen MR) is 48.1 cm³/mol. The van der Waals surface area contributed by atoms with Gasteiger partial charge in [0.05, 0.1) is 0 Å². The monoisotopic (exact) mass is 154 g/mol. The Labute approximate surface area is 68.1 Å². The highest BCUT2D eigenvalue weighted by atomic mass is 19.1. The number of allylic oxidation sites excluding steroid dienone is 5. The molecule has 0 atom stereocenters. The first-order chi connectivity index (χ1) is 5.22. The van der Waals surface area contributed by atoms with Gasteiger partial charge in [0.2, 0.25) is 0 Å². The van der Waals surface area contributed by atoms with E-state index in [0.29, 0.717) is 5.57 Å². The highest BCUT2D eigenvalue weighted by Gasteiger charge is 1.97. The van der Waals surface area contributed by atoms with Crippen LogP contribution >= 0.6 is 0 Å². The molecule has 0 saturated carbocycles. The van der Waals surface area contributed by atoms with E-state index < -0.39 is 0 Å². The van der Waals surface area contributed by atoms with Crippen molar-refractivity contribution in [2.24, 2.45) is 0 Å². The van der Waals surface area contributed by atoms with Gasteiger partial charge in [0.15, 0.2) is 0 Å². The van der Waals surface area contributed by atoms with Crippen molar-refractivity contribution in [1.29, 1.82) is 0 Å². The average Bonchev–Trinajstić information content (AvgIpc) is 2.00. The molecule has 0 bridgehead atoms. The van der Waals surface area contributed by atoms with Gasteiger partial charge in [-0.1, -0.05) is 32.1 Å². The Morgan fingerprint density at radius 1 is 1.55 bits per heavy atom. The van der Waals surface area contributed by atoms with Crippen LogP contribution in [0.15, 0.2) is 36.2 Å². The van der Waals surface area contributed by atoms with E-state index in [1.807, 2.05) is 13.8 Å². The summed E-state index contributed by atoms with van der Waals surface area (Å²) in [6.07, 6.45) is 6.59. The molecule has 0 spiro atoms. The smallest absolute Gasteiger partial charge is 0.125 e. The molecule has 1 heteroatoms. The summed E-state index contributed by atoms with van der Waals surface area (Å²) >= 11 is 0. The minimum absolute atomic E-state index is 0.204. The molecule has 0 aromatic carbocycles. The zero-order valence-electron chi connectivity index (χ0n) is 7.23. The van der Waals surface area contributed by atoms with Crippen LogP contribution in [0.1, 0.15) is 26.7 Å². The minimum Gasteiger partial charge on any atom is -0.207 e. The van der Waals surface area contributed by atoms with E-state index in [2.05, 4.69) is 6.58 Å². The molecule has 0 radical (unpaired) electrons. The van der Waals surface area contributed by atoms with E-state index in [0.717, 1.165) is 12.8 Å². The quantitative estimate of drug-likeness (QED) is 0.541. The predicted octanol–water partition coefficient (Wildman–Crippen LogP) is 3.77. The summed E-state index contributed by atoms with van der Waals surface area (Å²) < 4.78 is 12.9. The topological polar surface area (TPSA) is 0 Å². The molecule has 0 aliphatic heterocycles. The maximum Gasteiger partial charge on any atom is 0.125 e. The second kappa shape index (κ2) is 5.90. The third-order valence-electron chi connectivity index (χ3n) is 1.32. The average molecular weight is 154 g/mol. The minimum atomic E-state index is -0.204. The summed E-state index contributed by atoms with van der Waals surface area (Å²) in [5, 5.41) is 0.